The largest absolute Gasteiger partial charge is 0.257 e. The van der Waals surface area contributed by atoms with Crippen LogP contribution in [0.1, 0.15) is 23.6 Å². The number of benzene rings is 3. The molecule has 0 radical (unpaired) electrons. The van der Waals surface area contributed by atoms with Crippen LogP contribution in [0.25, 0.3) is 0 Å². The van der Waals surface area contributed by atoms with Crippen molar-refractivity contribution in [3.63, 3.8) is 0 Å². The Balaban J connectivity index is 1.74. The van der Waals surface area contributed by atoms with Crippen molar-refractivity contribution in [3.05, 3.63) is 99.5 Å². The van der Waals surface area contributed by atoms with Crippen LogP contribution in [0.5, 0.6) is 0 Å². The fraction of sp³-hybridized carbons (Fsp3) is 0.0952. The maximum absolute atomic E-state index is 6.03. The van der Waals surface area contributed by atoms with Crippen LogP contribution >= 0.6 is 27.5 Å². The SMILES string of the molecule is Clc1ccc(C2=NN(c3ccc(Br)cc3)[C@@H](c3ccccc3)C2)cc1. The summed E-state index contributed by atoms with van der Waals surface area (Å²) in [5.41, 5.74) is 4.54. The van der Waals surface area contributed by atoms with Gasteiger partial charge in [-0.25, -0.2) is 0 Å². The lowest BCUT2D eigenvalue weighted by Crippen LogP contribution is -2.18. The molecule has 0 unspecified atom stereocenters. The van der Waals surface area contributed by atoms with E-state index in [1.165, 1.54) is 5.56 Å². The van der Waals surface area contributed by atoms with E-state index in [0.29, 0.717) is 0 Å². The molecule has 1 heterocycles. The minimum atomic E-state index is 0.188. The van der Waals surface area contributed by atoms with Crippen LogP contribution in [0, 0.1) is 0 Å². The second kappa shape index (κ2) is 7.03. The molecule has 0 saturated heterocycles. The van der Waals surface area contributed by atoms with Crippen LogP contribution in [-0.4, -0.2) is 5.71 Å². The number of hydrogen-bond donors (Lipinski definition) is 0. The molecule has 0 bridgehead atoms. The first-order valence-electron chi connectivity index (χ1n) is 8.14. The maximum Gasteiger partial charge on any atom is 0.0831 e. The van der Waals surface area contributed by atoms with E-state index < -0.39 is 0 Å². The highest BCUT2D eigenvalue weighted by Gasteiger charge is 2.29. The standard InChI is InChI=1S/C21H16BrClN2/c22-17-8-12-19(13-9-17)25-21(16-4-2-1-3-5-16)14-20(24-25)15-6-10-18(23)11-7-15/h1-13,21H,14H2/t21-/m1/s1. The summed E-state index contributed by atoms with van der Waals surface area (Å²) in [4.78, 5) is 0. The third-order valence-electron chi connectivity index (χ3n) is 4.36. The molecule has 0 aromatic heterocycles. The van der Waals surface area contributed by atoms with E-state index in [1.807, 2.05) is 42.5 Å². The Bertz CT molecular complexity index is 889. The predicted octanol–water partition coefficient (Wildman–Crippen LogP) is 6.46. The zero-order valence-corrected chi connectivity index (χ0v) is 15.8. The summed E-state index contributed by atoms with van der Waals surface area (Å²) in [6.45, 7) is 0. The van der Waals surface area contributed by atoms with Gasteiger partial charge in [0.05, 0.1) is 17.4 Å². The smallest absolute Gasteiger partial charge is 0.0831 e. The van der Waals surface area contributed by atoms with E-state index in [-0.39, 0.29) is 6.04 Å². The van der Waals surface area contributed by atoms with Gasteiger partial charge in [-0.05, 0) is 47.5 Å². The molecule has 3 aromatic carbocycles. The zero-order valence-electron chi connectivity index (χ0n) is 13.4. The van der Waals surface area contributed by atoms with Crippen LogP contribution in [0.2, 0.25) is 5.02 Å². The molecule has 1 aliphatic heterocycles. The molecule has 0 amide bonds. The normalized spacial score (nSPS) is 16.8. The number of halogens is 2. The van der Waals surface area contributed by atoms with E-state index >= 15 is 0 Å². The van der Waals surface area contributed by atoms with Crippen molar-refractivity contribution < 1.29 is 0 Å². The van der Waals surface area contributed by atoms with Crippen molar-refractivity contribution in [1.29, 1.82) is 0 Å². The third-order valence-corrected chi connectivity index (χ3v) is 5.14. The Morgan fingerprint density at radius 2 is 1.56 bits per heavy atom. The molecule has 0 N–H and O–H groups in total. The summed E-state index contributed by atoms with van der Waals surface area (Å²) in [6, 6.07) is 26.9. The summed E-state index contributed by atoms with van der Waals surface area (Å²) >= 11 is 9.53. The van der Waals surface area contributed by atoms with Crippen LogP contribution in [-0.2, 0) is 0 Å². The minimum Gasteiger partial charge on any atom is -0.257 e. The molecule has 3 aromatic rings. The number of hydrazone groups is 1. The second-order valence-corrected chi connectivity index (χ2v) is 7.36. The predicted molar refractivity (Wildman–Crippen MR) is 108 cm³/mol. The van der Waals surface area contributed by atoms with Crippen molar-refractivity contribution in [3.8, 4) is 0 Å². The molecule has 4 heteroatoms. The summed E-state index contributed by atoms with van der Waals surface area (Å²) in [6.07, 6.45) is 0.863. The fourth-order valence-electron chi connectivity index (χ4n) is 3.09. The zero-order chi connectivity index (χ0) is 17.2. The van der Waals surface area contributed by atoms with Gasteiger partial charge >= 0.3 is 0 Å². The Morgan fingerprint density at radius 3 is 2.24 bits per heavy atom. The van der Waals surface area contributed by atoms with Gasteiger partial charge in [0.15, 0.2) is 0 Å². The topological polar surface area (TPSA) is 15.6 Å². The molecule has 2 nitrogen and oxygen atoms in total. The lowest BCUT2D eigenvalue weighted by Gasteiger charge is -2.24. The number of rotatable bonds is 3. The Kier molecular flexibility index (Phi) is 4.60. The molecule has 0 saturated carbocycles. The monoisotopic (exact) mass is 410 g/mol. The molecule has 1 atom stereocenters. The molecule has 0 aliphatic carbocycles. The molecule has 0 spiro atoms. The van der Waals surface area contributed by atoms with Crippen LogP contribution in [0.3, 0.4) is 0 Å². The molecule has 0 fully saturated rings. The molecular formula is C21H16BrClN2. The quantitative estimate of drug-likeness (QED) is 0.483. The highest BCUT2D eigenvalue weighted by atomic mass is 79.9. The van der Waals surface area contributed by atoms with Crippen molar-refractivity contribution in [2.75, 3.05) is 5.01 Å². The highest BCUT2D eigenvalue weighted by Crippen LogP contribution is 2.37. The number of nitrogens with zero attached hydrogens (tertiary/aromatic N) is 2. The lowest BCUT2D eigenvalue weighted by molar-refractivity contribution is 0.709. The fourth-order valence-corrected chi connectivity index (χ4v) is 3.48. The van der Waals surface area contributed by atoms with Gasteiger partial charge in [-0.2, -0.15) is 5.10 Å². The Labute approximate surface area is 160 Å². The average molecular weight is 412 g/mol. The van der Waals surface area contributed by atoms with Crippen LogP contribution in [0.15, 0.2) is 88.4 Å². The van der Waals surface area contributed by atoms with E-state index in [0.717, 1.165) is 32.9 Å². The van der Waals surface area contributed by atoms with Gasteiger partial charge in [-0.1, -0.05) is 70.0 Å². The third kappa shape index (κ3) is 3.48. The molecule has 1 aliphatic rings. The number of hydrogen-bond acceptors (Lipinski definition) is 2. The summed E-state index contributed by atoms with van der Waals surface area (Å²) in [7, 11) is 0. The molecule has 25 heavy (non-hydrogen) atoms. The van der Waals surface area contributed by atoms with Gasteiger partial charge in [-0.15, -0.1) is 0 Å². The first-order chi connectivity index (χ1) is 12.2. The Morgan fingerprint density at radius 1 is 0.880 bits per heavy atom. The van der Waals surface area contributed by atoms with Gasteiger partial charge in [0, 0.05) is 15.9 Å². The van der Waals surface area contributed by atoms with Crippen LogP contribution < -0.4 is 5.01 Å². The molecule has 124 valence electrons. The van der Waals surface area contributed by atoms with Crippen molar-refractivity contribution in [2.45, 2.75) is 12.5 Å². The summed E-state index contributed by atoms with van der Waals surface area (Å²) < 4.78 is 1.06. The van der Waals surface area contributed by atoms with E-state index in [4.69, 9.17) is 16.7 Å². The van der Waals surface area contributed by atoms with Gasteiger partial charge in [-0.3, -0.25) is 5.01 Å². The van der Waals surface area contributed by atoms with Gasteiger partial charge in [0.2, 0.25) is 0 Å². The van der Waals surface area contributed by atoms with Gasteiger partial charge in [0.25, 0.3) is 0 Å². The van der Waals surface area contributed by atoms with Crippen LogP contribution in [0.4, 0.5) is 5.69 Å². The van der Waals surface area contributed by atoms with Gasteiger partial charge < -0.3 is 0 Å². The van der Waals surface area contributed by atoms with E-state index in [9.17, 15) is 0 Å². The first-order valence-corrected chi connectivity index (χ1v) is 9.31. The highest BCUT2D eigenvalue weighted by molar-refractivity contribution is 9.10. The van der Waals surface area contributed by atoms with Crippen molar-refractivity contribution in [1.82, 2.24) is 0 Å². The Hall–Kier alpha value is -2.10. The average Bonchev–Trinajstić information content (AvgIpc) is 3.09. The minimum absolute atomic E-state index is 0.188. The molecule has 4 rings (SSSR count). The lowest BCUT2D eigenvalue weighted by atomic mass is 9.98. The van der Waals surface area contributed by atoms with E-state index in [2.05, 4.69) is 57.3 Å². The van der Waals surface area contributed by atoms with Gasteiger partial charge in [0.1, 0.15) is 0 Å². The first kappa shape index (κ1) is 16.4. The second-order valence-electron chi connectivity index (χ2n) is 6.01. The summed E-state index contributed by atoms with van der Waals surface area (Å²) in [5, 5.41) is 7.80. The maximum atomic E-state index is 6.03. The summed E-state index contributed by atoms with van der Waals surface area (Å²) in [5.74, 6) is 0. The van der Waals surface area contributed by atoms with Crippen molar-refractivity contribution >= 4 is 38.9 Å². The van der Waals surface area contributed by atoms with Crippen molar-refractivity contribution in [2.24, 2.45) is 5.10 Å². The number of anilines is 1. The molecular weight excluding hydrogens is 396 g/mol. The van der Waals surface area contributed by atoms with E-state index in [1.54, 1.807) is 0 Å².